The van der Waals surface area contributed by atoms with Crippen molar-refractivity contribution in [1.29, 1.82) is 0 Å². The Morgan fingerprint density at radius 2 is 1.78 bits per heavy atom. The molecule has 0 aliphatic heterocycles. The van der Waals surface area contributed by atoms with Gasteiger partial charge in [-0.05, 0) is 39.5 Å². The molecular weight excluding hydrogens is 230 g/mol. The molecule has 0 aromatic carbocycles. The SMILES string of the molecule is CNC(=O)C(C)(C)CNC(=O)C1CCC(N)CC1. The van der Waals surface area contributed by atoms with E-state index in [2.05, 4.69) is 10.6 Å². The van der Waals surface area contributed by atoms with Gasteiger partial charge in [0.2, 0.25) is 11.8 Å². The summed E-state index contributed by atoms with van der Waals surface area (Å²) in [5.74, 6) is 0.0534. The first-order valence-corrected chi connectivity index (χ1v) is 6.62. The maximum Gasteiger partial charge on any atom is 0.227 e. The molecule has 1 rings (SSSR count). The van der Waals surface area contributed by atoms with Crippen molar-refractivity contribution in [1.82, 2.24) is 10.6 Å². The van der Waals surface area contributed by atoms with Crippen LogP contribution in [-0.2, 0) is 9.59 Å². The summed E-state index contributed by atoms with van der Waals surface area (Å²) in [6.07, 6.45) is 3.54. The number of carbonyl (C=O) groups excluding carboxylic acids is 2. The Hall–Kier alpha value is -1.10. The largest absolute Gasteiger partial charge is 0.359 e. The highest BCUT2D eigenvalue weighted by atomic mass is 16.2. The molecular formula is C13H25N3O2. The van der Waals surface area contributed by atoms with Crippen molar-refractivity contribution in [2.24, 2.45) is 17.1 Å². The van der Waals surface area contributed by atoms with Gasteiger partial charge in [-0.25, -0.2) is 0 Å². The fraction of sp³-hybridized carbons (Fsp3) is 0.846. The second-order valence-corrected chi connectivity index (χ2v) is 5.79. The molecule has 5 heteroatoms. The summed E-state index contributed by atoms with van der Waals surface area (Å²) >= 11 is 0. The second-order valence-electron chi connectivity index (χ2n) is 5.79. The van der Waals surface area contributed by atoms with Crippen LogP contribution in [-0.4, -0.2) is 31.4 Å². The Bertz CT molecular complexity index is 307. The molecule has 104 valence electrons. The molecule has 1 aliphatic carbocycles. The fourth-order valence-electron chi connectivity index (χ4n) is 2.25. The molecule has 1 saturated carbocycles. The number of nitrogens with two attached hydrogens (primary N) is 1. The van der Waals surface area contributed by atoms with Crippen LogP contribution in [0.3, 0.4) is 0 Å². The minimum atomic E-state index is -0.574. The summed E-state index contributed by atoms with van der Waals surface area (Å²) in [4.78, 5) is 23.6. The summed E-state index contributed by atoms with van der Waals surface area (Å²) in [6.45, 7) is 4.01. The maximum atomic E-state index is 12.0. The zero-order valence-electron chi connectivity index (χ0n) is 11.6. The van der Waals surface area contributed by atoms with Crippen LogP contribution in [0.2, 0.25) is 0 Å². The van der Waals surface area contributed by atoms with E-state index < -0.39 is 5.41 Å². The number of hydrogen-bond donors (Lipinski definition) is 3. The molecule has 0 atom stereocenters. The van der Waals surface area contributed by atoms with Gasteiger partial charge in [0.05, 0.1) is 5.41 Å². The molecule has 0 saturated heterocycles. The number of nitrogens with one attached hydrogen (secondary N) is 2. The first-order valence-electron chi connectivity index (χ1n) is 6.62. The van der Waals surface area contributed by atoms with Crippen LogP contribution >= 0.6 is 0 Å². The fourth-order valence-corrected chi connectivity index (χ4v) is 2.25. The van der Waals surface area contributed by atoms with E-state index in [0.29, 0.717) is 6.54 Å². The van der Waals surface area contributed by atoms with Crippen molar-refractivity contribution in [2.45, 2.75) is 45.6 Å². The molecule has 5 nitrogen and oxygen atoms in total. The Balaban J connectivity index is 2.39. The third-order valence-corrected chi connectivity index (χ3v) is 3.69. The van der Waals surface area contributed by atoms with Crippen molar-refractivity contribution < 1.29 is 9.59 Å². The molecule has 2 amide bonds. The lowest BCUT2D eigenvalue weighted by Gasteiger charge is -2.27. The Kier molecular flexibility index (Phi) is 5.14. The van der Waals surface area contributed by atoms with Gasteiger partial charge in [-0.1, -0.05) is 0 Å². The van der Waals surface area contributed by atoms with Crippen LogP contribution < -0.4 is 16.4 Å². The molecule has 0 heterocycles. The van der Waals surface area contributed by atoms with Gasteiger partial charge < -0.3 is 16.4 Å². The van der Waals surface area contributed by atoms with E-state index >= 15 is 0 Å². The lowest BCUT2D eigenvalue weighted by Crippen LogP contribution is -2.45. The number of hydrogen-bond acceptors (Lipinski definition) is 3. The second kappa shape index (κ2) is 6.18. The van der Waals surface area contributed by atoms with Gasteiger partial charge in [-0.15, -0.1) is 0 Å². The van der Waals surface area contributed by atoms with Gasteiger partial charge in [-0.3, -0.25) is 9.59 Å². The first-order chi connectivity index (χ1) is 8.36. The van der Waals surface area contributed by atoms with Gasteiger partial charge in [0.25, 0.3) is 0 Å². The Morgan fingerprint density at radius 1 is 1.22 bits per heavy atom. The van der Waals surface area contributed by atoms with Crippen molar-refractivity contribution >= 4 is 11.8 Å². The van der Waals surface area contributed by atoms with Gasteiger partial charge in [0.15, 0.2) is 0 Å². The summed E-state index contributed by atoms with van der Waals surface area (Å²) in [5, 5.41) is 5.49. The smallest absolute Gasteiger partial charge is 0.227 e. The van der Waals surface area contributed by atoms with Crippen LogP contribution in [0.4, 0.5) is 0 Å². The third-order valence-electron chi connectivity index (χ3n) is 3.69. The van der Waals surface area contributed by atoms with Gasteiger partial charge in [0.1, 0.15) is 0 Å². The van der Waals surface area contributed by atoms with E-state index in [-0.39, 0.29) is 23.8 Å². The van der Waals surface area contributed by atoms with E-state index in [1.807, 2.05) is 13.8 Å². The van der Waals surface area contributed by atoms with Crippen molar-refractivity contribution in [3.63, 3.8) is 0 Å². The minimum absolute atomic E-state index is 0.0545. The summed E-state index contributed by atoms with van der Waals surface area (Å²) < 4.78 is 0. The van der Waals surface area contributed by atoms with E-state index in [1.54, 1.807) is 7.05 Å². The topological polar surface area (TPSA) is 84.2 Å². The Labute approximate surface area is 109 Å². The highest BCUT2D eigenvalue weighted by Crippen LogP contribution is 2.23. The standard InChI is InChI=1S/C13H25N3O2/c1-13(2,12(18)15-3)8-16-11(17)9-4-6-10(14)7-5-9/h9-10H,4-8,14H2,1-3H3,(H,15,18)(H,16,17). The van der Waals surface area contributed by atoms with Crippen LogP contribution in [0.15, 0.2) is 0 Å². The van der Waals surface area contributed by atoms with E-state index in [4.69, 9.17) is 5.73 Å². The molecule has 4 N–H and O–H groups in total. The molecule has 1 aliphatic rings. The zero-order chi connectivity index (χ0) is 13.8. The van der Waals surface area contributed by atoms with Crippen molar-refractivity contribution in [3.8, 4) is 0 Å². The molecule has 0 spiro atoms. The quantitative estimate of drug-likeness (QED) is 0.679. The zero-order valence-corrected chi connectivity index (χ0v) is 11.6. The highest BCUT2D eigenvalue weighted by molar-refractivity contribution is 5.83. The monoisotopic (exact) mass is 255 g/mol. The Morgan fingerprint density at radius 3 is 2.28 bits per heavy atom. The average Bonchev–Trinajstić information content (AvgIpc) is 2.35. The first kappa shape index (κ1) is 15.0. The summed E-state index contributed by atoms with van der Waals surface area (Å²) in [6, 6.07) is 0.247. The van der Waals surface area contributed by atoms with Crippen molar-refractivity contribution in [2.75, 3.05) is 13.6 Å². The molecule has 0 radical (unpaired) electrons. The number of amides is 2. The third kappa shape index (κ3) is 3.98. The van der Waals surface area contributed by atoms with E-state index in [0.717, 1.165) is 25.7 Å². The normalized spacial score (nSPS) is 24.4. The predicted octanol–water partition coefficient (Wildman–Crippen LogP) is 0.392. The molecule has 0 aromatic rings. The summed E-state index contributed by atoms with van der Waals surface area (Å²) in [5.41, 5.74) is 5.24. The molecule has 18 heavy (non-hydrogen) atoms. The molecule has 0 aromatic heterocycles. The lowest BCUT2D eigenvalue weighted by molar-refractivity contribution is -0.130. The maximum absolute atomic E-state index is 12.0. The molecule has 0 bridgehead atoms. The molecule has 1 fully saturated rings. The van der Waals surface area contributed by atoms with Gasteiger partial charge >= 0.3 is 0 Å². The number of rotatable bonds is 4. The van der Waals surface area contributed by atoms with Crippen LogP contribution in [0.5, 0.6) is 0 Å². The minimum Gasteiger partial charge on any atom is -0.359 e. The lowest BCUT2D eigenvalue weighted by atomic mass is 9.85. The van der Waals surface area contributed by atoms with Crippen LogP contribution in [0.25, 0.3) is 0 Å². The van der Waals surface area contributed by atoms with Crippen molar-refractivity contribution in [3.05, 3.63) is 0 Å². The van der Waals surface area contributed by atoms with Gasteiger partial charge in [0, 0.05) is 25.6 Å². The number of carbonyl (C=O) groups is 2. The van der Waals surface area contributed by atoms with Crippen LogP contribution in [0.1, 0.15) is 39.5 Å². The van der Waals surface area contributed by atoms with E-state index in [9.17, 15) is 9.59 Å². The average molecular weight is 255 g/mol. The molecule has 0 unspecified atom stereocenters. The van der Waals surface area contributed by atoms with Gasteiger partial charge in [-0.2, -0.15) is 0 Å². The van der Waals surface area contributed by atoms with Crippen LogP contribution in [0, 0.1) is 11.3 Å². The summed E-state index contributed by atoms with van der Waals surface area (Å²) in [7, 11) is 1.61. The van der Waals surface area contributed by atoms with E-state index in [1.165, 1.54) is 0 Å². The highest BCUT2D eigenvalue weighted by Gasteiger charge is 2.29. The predicted molar refractivity (Wildman–Crippen MR) is 70.8 cm³/mol.